The lowest BCUT2D eigenvalue weighted by molar-refractivity contribution is 0.328. The Kier molecular flexibility index (Phi) is 4.48. The molecule has 0 fully saturated rings. The minimum Gasteiger partial charge on any atom is -0.492 e. The molecule has 0 saturated heterocycles. The topological polar surface area (TPSA) is 18.5 Å². The zero-order valence-corrected chi connectivity index (χ0v) is 11.6. The first-order valence-corrected chi connectivity index (χ1v) is 6.27. The van der Waals surface area contributed by atoms with Gasteiger partial charge in [-0.05, 0) is 24.3 Å². The van der Waals surface area contributed by atoms with Crippen LogP contribution in [0.15, 0.2) is 54.6 Å². The zero-order chi connectivity index (χ0) is 13.7. The summed E-state index contributed by atoms with van der Waals surface area (Å²) in [6, 6.07) is 17.3. The van der Waals surface area contributed by atoms with Gasteiger partial charge in [-0.2, -0.15) is 0 Å². The van der Waals surface area contributed by atoms with Gasteiger partial charge in [-0.1, -0.05) is 41.9 Å². The van der Waals surface area contributed by atoms with Crippen LogP contribution in [0.3, 0.4) is 0 Å². The third kappa shape index (κ3) is 3.09. The number of methoxy groups -OCH3 is 2. The first kappa shape index (κ1) is 13.5. The molecule has 0 aliphatic heterocycles. The molecule has 0 radical (unpaired) electrons. The van der Waals surface area contributed by atoms with Crippen molar-refractivity contribution < 1.29 is 9.47 Å². The van der Waals surface area contributed by atoms with E-state index in [9.17, 15) is 0 Å². The maximum atomic E-state index is 5.90. The highest BCUT2D eigenvalue weighted by Crippen LogP contribution is 2.28. The van der Waals surface area contributed by atoms with Gasteiger partial charge in [0.15, 0.2) is 11.5 Å². The highest BCUT2D eigenvalue weighted by atomic mass is 35.5. The predicted octanol–water partition coefficient (Wildman–Crippen LogP) is 4.46. The van der Waals surface area contributed by atoms with Crippen LogP contribution in [0.5, 0.6) is 0 Å². The number of benzene rings is 2. The van der Waals surface area contributed by atoms with E-state index < -0.39 is 0 Å². The third-order valence-corrected chi connectivity index (χ3v) is 3.01. The van der Waals surface area contributed by atoms with E-state index in [0.29, 0.717) is 16.5 Å². The van der Waals surface area contributed by atoms with Crippen molar-refractivity contribution in [1.82, 2.24) is 0 Å². The minimum atomic E-state index is 0.686. The van der Waals surface area contributed by atoms with Crippen molar-refractivity contribution in [2.75, 3.05) is 14.2 Å². The van der Waals surface area contributed by atoms with Gasteiger partial charge in [0.25, 0.3) is 0 Å². The van der Waals surface area contributed by atoms with Crippen LogP contribution in [0.2, 0.25) is 5.02 Å². The van der Waals surface area contributed by atoms with E-state index in [-0.39, 0.29) is 0 Å². The Morgan fingerprint density at radius 1 is 0.737 bits per heavy atom. The fourth-order valence-corrected chi connectivity index (χ4v) is 2.00. The van der Waals surface area contributed by atoms with Crippen LogP contribution in [0.25, 0.3) is 11.5 Å². The summed E-state index contributed by atoms with van der Waals surface area (Å²) in [6.45, 7) is 0. The number of hydrogen-bond acceptors (Lipinski definition) is 2. The van der Waals surface area contributed by atoms with Crippen LogP contribution in [0.4, 0.5) is 0 Å². The molecule has 2 aromatic carbocycles. The molecule has 0 atom stereocenters. The van der Waals surface area contributed by atoms with E-state index in [0.717, 1.165) is 11.1 Å². The number of halogens is 1. The second-order valence-electron chi connectivity index (χ2n) is 3.94. The highest BCUT2D eigenvalue weighted by molar-refractivity contribution is 6.30. The van der Waals surface area contributed by atoms with Crippen molar-refractivity contribution in [1.29, 1.82) is 0 Å². The van der Waals surface area contributed by atoms with Gasteiger partial charge in [0.2, 0.25) is 0 Å². The quantitative estimate of drug-likeness (QED) is 0.605. The Balaban J connectivity index is 2.53. The van der Waals surface area contributed by atoms with Gasteiger partial charge in [-0.3, -0.25) is 0 Å². The van der Waals surface area contributed by atoms with Gasteiger partial charge in [0.1, 0.15) is 0 Å². The molecule has 0 saturated carbocycles. The lowest BCUT2D eigenvalue weighted by Gasteiger charge is -2.13. The normalized spacial score (nSPS) is 11.7. The largest absolute Gasteiger partial charge is 0.492 e. The summed E-state index contributed by atoms with van der Waals surface area (Å²) in [7, 11) is 3.27. The number of rotatable bonds is 4. The molecule has 2 rings (SSSR count). The molecular formula is C16H15ClO2. The van der Waals surface area contributed by atoms with Gasteiger partial charge in [-0.15, -0.1) is 0 Å². The fourth-order valence-electron chi connectivity index (χ4n) is 1.87. The van der Waals surface area contributed by atoms with E-state index in [1.807, 2.05) is 54.6 Å². The molecular weight excluding hydrogens is 260 g/mol. The zero-order valence-electron chi connectivity index (χ0n) is 10.9. The van der Waals surface area contributed by atoms with Gasteiger partial charge in [-0.25, -0.2) is 0 Å². The molecule has 0 aliphatic carbocycles. The summed E-state index contributed by atoms with van der Waals surface area (Å²) in [5.74, 6) is 1.38. The first-order chi connectivity index (χ1) is 9.26. The maximum Gasteiger partial charge on any atom is 0.168 e. The number of hydrogen-bond donors (Lipinski definition) is 0. The van der Waals surface area contributed by atoms with E-state index in [4.69, 9.17) is 21.1 Å². The molecule has 2 nitrogen and oxygen atoms in total. The Morgan fingerprint density at radius 3 is 1.68 bits per heavy atom. The Hall–Kier alpha value is -1.93. The molecule has 0 unspecified atom stereocenters. The van der Waals surface area contributed by atoms with E-state index in [1.54, 1.807) is 14.2 Å². The van der Waals surface area contributed by atoms with Crippen molar-refractivity contribution in [3.05, 3.63) is 70.7 Å². The second-order valence-corrected chi connectivity index (χ2v) is 4.38. The van der Waals surface area contributed by atoms with Crippen molar-refractivity contribution in [2.45, 2.75) is 0 Å². The monoisotopic (exact) mass is 274 g/mol. The molecule has 0 spiro atoms. The Bertz CT molecular complexity index is 559. The summed E-state index contributed by atoms with van der Waals surface area (Å²) in [5, 5.41) is 0.692. The SMILES string of the molecule is COC(=C(OC)c1ccc(Cl)cc1)c1ccccc1. The van der Waals surface area contributed by atoms with Crippen LogP contribution < -0.4 is 0 Å². The van der Waals surface area contributed by atoms with Crippen LogP contribution in [0, 0.1) is 0 Å². The summed E-state index contributed by atoms with van der Waals surface area (Å²) in [4.78, 5) is 0. The molecule has 0 N–H and O–H groups in total. The Morgan fingerprint density at radius 2 is 1.21 bits per heavy atom. The lowest BCUT2D eigenvalue weighted by atomic mass is 10.1. The summed E-state index contributed by atoms with van der Waals surface area (Å²) < 4.78 is 11.0. The molecule has 3 heteroatoms. The molecule has 0 heterocycles. The molecule has 0 bridgehead atoms. The standard InChI is InChI=1S/C16H15ClO2/c1-18-15(12-6-4-3-5-7-12)16(19-2)13-8-10-14(17)11-9-13/h3-11H,1-2H3. The smallest absolute Gasteiger partial charge is 0.168 e. The van der Waals surface area contributed by atoms with E-state index >= 15 is 0 Å². The van der Waals surface area contributed by atoms with Crippen LogP contribution >= 0.6 is 11.6 Å². The second kappa shape index (κ2) is 6.30. The average Bonchev–Trinajstić information content (AvgIpc) is 2.47. The van der Waals surface area contributed by atoms with Gasteiger partial charge in [0, 0.05) is 16.1 Å². The van der Waals surface area contributed by atoms with E-state index in [2.05, 4.69) is 0 Å². The number of ether oxygens (including phenoxy) is 2. The van der Waals surface area contributed by atoms with Gasteiger partial charge < -0.3 is 9.47 Å². The molecule has 0 aromatic heterocycles. The molecule has 0 aliphatic rings. The van der Waals surface area contributed by atoms with Crippen LogP contribution in [-0.2, 0) is 9.47 Å². The summed E-state index contributed by atoms with van der Waals surface area (Å²) in [6.07, 6.45) is 0. The van der Waals surface area contributed by atoms with Crippen molar-refractivity contribution in [3.8, 4) is 0 Å². The van der Waals surface area contributed by atoms with Crippen molar-refractivity contribution in [3.63, 3.8) is 0 Å². The minimum absolute atomic E-state index is 0.686. The Labute approximate surface area is 118 Å². The third-order valence-electron chi connectivity index (χ3n) is 2.76. The molecule has 98 valence electrons. The van der Waals surface area contributed by atoms with E-state index in [1.165, 1.54) is 0 Å². The maximum absolute atomic E-state index is 5.90. The molecule has 19 heavy (non-hydrogen) atoms. The highest BCUT2D eigenvalue weighted by Gasteiger charge is 2.12. The average molecular weight is 275 g/mol. The first-order valence-electron chi connectivity index (χ1n) is 5.90. The van der Waals surface area contributed by atoms with Gasteiger partial charge in [0.05, 0.1) is 14.2 Å². The fraction of sp³-hybridized carbons (Fsp3) is 0.125. The van der Waals surface area contributed by atoms with Gasteiger partial charge >= 0.3 is 0 Å². The van der Waals surface area contributed by atoms with Crippen molar-refractivity contribution >= 4 is 23.1 Å². The predicted molar refractivity (Wildman–Crippen MR) is 78.7 cm³/mol. The lowest BCUT2D eigenvalue weighted by Crippen LogP contribution is -1.96. The summed E-state index contributed by atoms with van der Waals surface area (Å²) >= 11 is 5.90. The van der Waals surface area contributed by atoms with Crippen molar-refractivity contribution in [2.24, 2.45) is 0 Å². The molecule has 2 aromatic rings. The molecule has 0 amide bonds. The van der Waals surface area contributed by atoms with Crippen LogP contribution in [0.1, 0.15) is 11.1 Å². The summed E-state index contributed by atoms with van der Waals surface area (Å²) in [5.41, 5.74) is 1.89. The van der Waals surface area contributed by atoms with Crippen LogP contribution in [-0.4, -0.2) is 14.2 Å².